The Kier molecular flexibility index (Phi) is 15.5. The van der Waals surface area contributed by atoms with E-state index in [1.807, 2.05) is 48.5 Å². The summed E-state index contributed by atoms with van der Waals surface area (Å²) in [5.74, 6) is -1.89. The van der Waals surface area contributed by atoms with E-state index in [1.165, 1.54) is 19.2 Å². The first kappa shape index (κ1) is 46.7. The Morgan fingerprint density at radius 2 is 1.77 bits per heavy atom. The van der Waals surface area contributed by atoms with E-state index >= 15 is 0 Å². The summed E-state index contributed by atoms with van der Waals surface area (Å²) in [6.07, 6.45) is 6.87. The molecule has 1 saturated carbocycles. The molecule has 15 heteroatoms. The first-order chi connectivity index (χ1) is 31.7. The molecule has 0 aromatic heterocycles. The molecule has 0 bridgehead atoms. The molecule has 0 saturated heterocycles. The van der Waals surface area contributed by atoms with Crippen molar-refractivity contribution < 1.29 is 48.5 Å². The lowest BCUT2D eigenvalue weighted by Crippen LogP contribution is -2.70. The Labute approximate surface area is 378 Å². The number of allylic oxidation sites excluding steroid dienone is 1. The molecule has 65 heavy (non-hydrogen) atoms. The molecule has 1 fully saturated rings. The molecule has 4 aromatic carbocycles. The van der Waals surface area contributed by atoms with Crippen molar-refractivity contribution in [3.8, 4) is 11.5 Å². The third-order valence-electron chi connectivity index (χ3n) is 12.7. The molecule has 1 aliphatic heterocycles. The number of unbranched alkanes of at least 4 members (excludes halogenated alkanes) is 2. The number of amides is 2. The number of nitrogens with zero attached hydrogens (tertiary/aromatic N) is 3. The highest BCUT2D eigenvalue weighted by Gasteiger charge is 2.65. The Morgan fingerprint density at radius 1 is 1.02 bits per heavy atom. The summed E-state index contributed by atoms with van der Waals surface area (Å²) >= 11 is 0. The van der Waals surface area contributed by atoms with Crippen LogP contribution < -0.4 is 14.8 Å². The number of aliphatic hydroxyl groups is 2. The van der Waals surface area contributed by atoms with Gasteiger partial charge in [-0.25, -0.2) is 9.59 Å². The standard InChI is InChI=1S/C50H58N4O11/c1-4-27-62-50-45(53(49(58)61-3)31-36-16-12-15-34-13-6-7-17-39(34)36)30-43(52-63-32-33-19-21-37(22-20-33)54(59)60)41-28-35(14-8-10-25-55)40(18-9-11-26-56)46(47(41)50)42-29-38(23-24-44(42)65-50)64-48(57)51-5-2/h4,6-7,12-13,15-17,19-24,28-29,35,40,45-47,55-56H,1,5,8-11,14,18,25-27,30-32H2,2-3H3,(H,51,57). The van der Waals surface area contributed by atoms with Crippen LogP contribution in [0.15, 0.2) is 114 Å². The molecule has 2 aliphatic carbocycles. The van der Waals surface area contributed by atoms with Gasteiger partial charge in [-0.15, -0.1) is 6.58 Å². The van der Waals surface area contributed by atoms with Crippen LogP contribution in [0.25, 0.3) is 10.8 Å². The predicted octanol–water partition coefficient (Wildman–Crippen LogP) is 8.96. The van der Waals surface area contributed by atoms with Gasteiger partial charge < -0.3 is 39.3 Å². The smallest absolute Gasteiger partial charge is 0.412 e. The van der Waals surface area contributed by atoms with E-state index in [1.54, 1.807) is 42.2 Å². The molecule has 0 radical (unpaired) electrons. The normalized spacial score (nSPS) is 22.4. The van der Waals surface area contributed by atoms with Crippen molar-refractivity contribution in [3.63, 3.8) is 0 Å². The molecule has 4 aromatic rings. The molecule has 15 nitrogen and oxygen atoms in total. The first-order valence-electron chi connectivity index (χ1n) is 22.4. The van der Waals surface area contributed by atoms with Gasteiger partial charge in [0.1, 0.15) is 24.1 Å². The fourth-order valence-electron chi connectivity index (χ4n) is 9.93. The molecule has 7 rings (SSSR count). The quantitative estimate of drug-likeness (QED) is 0.0332. The van der Waals surface area contributed by atoms with Crippen molar-refractivity contribution in [2.45, 2.75) is 82.8 Å². The molecule has 6 unspecified atom stereocenters. The van der Waals surface area contributed by atoms with Crippen molar-refractivity contribution in [1.29, 1.82) is 0 Å². The number of methoxy groups -OCH3 is 1. The van der Waals surface area contributed by atoms with Crippen LogP contribution in [0.3, 0.4) is 0 Å². The number of nitro benzene ring substituents is 1. The van der Waals surface area contributed by atoms with E-state index in [2.05, 4.69) is 18.0 Å². The van der Waals surface area contributed by atoms with E-state index in [9.17, 15) is 29.9 Å². The lowest BCUT2D eigenvalue weighted by molar-refractivity contribution is -0.384. The van der Waals surface area contributed by atoms with Crippen molar-refractivity contribution in [2.75, 3.05) is 33.5 Å². The second-order valence-corrected chi connectivity index (χ2v) is 16.6. The highest BCUT2D eigenvalue weighted by atomic mass is 16.7. The van der Waals surface area contributed by atoms with Gasteiger partial charge >= 0.3 is 12.2 Å². The fraction of sp³-hybridized carbons (Fsp3) is 0.420. The maximum atomic E-state index is 14.5. The Hall–Kier alpha value is -6.29. The first-order valence-corrected chi connectivity index (χ1v) is 22.4. The van der Waals surface area contributed by atoms with Gasteiger partial charge in [0.05, 0.1) is 36.8 Å². The lowest BCUT2D eigenvalue weighted by Gasteiger charge is -2.59. The number of carbonyl (C=O) groups is 2. The van der Waals surface area contributed by atoms with Crippen LogP contribution in [-0.4, -0.2) is 83.2 Å². The molecular formula is C50H58N4O11. The van der Waals surface area contributed by atoms with Crippen LogP contribution in [0, 0.1) is 27.9 Å². The summed E-state index contributed by atoms with van der Waals surface area (Å²) in [5.41, 5.74) is 3.64. The number of nitrogens with one attached hydrogen (secondary N) is 1. The number of oxime groups is 1. The minimum absolute atomic E-state index is 0.00589. The second kappa shape index (κ2) is 21.6. The van der Waals surface area contributed by atoms with Gasteiger partial charge in [-0.05, 0) is 102 Å². The zero-order chi connectivity index (χ0) is 45.9. The molecule has 1 heterocycles. The average molecular weight is 891 g/mol. The van der Waals surface area contributed by atoms with Crippen LogP contribution >= 0.6 is 0 Å². The Balaban J connectivity index is 1.45. The maximum Gasteiger partial charge on any atom is 0.412 e. The van der Waals surface area contributed by atoms with E-state index in [4.69, 9.17) is 28.9 Å². The van der Waals surface area contributed by atoms with Gasteiger partial charge in [0.2, 0.25) is 5.79 Å². The number of non-ortho nitro benzene ring substituents is 1. The van der Waals surface area contributed by atoms with Crippen LogP contribution in [0.4, 0.5) is 15.3 Å². The Morgan fingerprint density at radius 3 is 2.49 bits per heavy atom. The van der Waals surface area contributed by atoms with E-state index < -0.39 is 34.9 Å². The van der Waals surface area contributed by atoms with Gasteiger partial charge in [-0.1, -0.05) is 72.6 Å². The number of fused-ring (bicyclic) bond motifs is 3. The minimum atomic E-state index is -1.57. The monoisotopic (exact) mass is 890 g/mol. The van der Waals surface area contributed by atoms with Crippen molar-refractivity contribution in [1.82, 2.24) is 10.2 Å². The maximum absolute atomic E-state index is 14.5. The van der Waals surface area contributed by atoms with E-state index in [0.29, 0.717) is 55.0 Å². The van der Waals surface area contributed by atoms with Gasteiger partial charge in [-0.2, -0.15) is 0 Å². The molecule has 0 spiro atoms. The number of rotatable bonds is 20. The third-order valence-corrected chi connectivity index (χ3v) is 12.7. The SMILES string of the molecule is C=CCOC12Oc3ccc(OC(=O)NCC)cc3C3C(CCCCO)C(CCCCO)C=C(C(=NOCc4ccc([N+](=O)[O-])cc4)CC1N(Cc1cccc4ccccc14)C(=O)OC)C32. The molecule has 6 atom stereocenters. The summed E-state index contributed by atoms with van der Waals surface area (Å²) in [6.45, 7) is 6.45. The molecule has 2 amide bonds. The minimum Gasteiger partial charge on any atom is -0.459 e. The van der Waals surface area contributed by atoms with Crippen LogP contribution in [-0.2, 0) is 27.5 Å². The largest absolute Gasteiger partial charge is 0.459 e. The highest BCUT2D eigenvalue weighted by molar-refractivity contribution is 6.03. The zero-order valence-corrected chi connectivity index (χ0v) is 36.9. The number of carbonyl (C=O) groups excluding carboxylic acids is 2. The van der Waals surface area contributed by atoms with Gasteiger partial charge in [0.15, 0.2) is 0 Å². The topological polar surface area (TPSA) is 192 Å². The number of aliphatic hydroxyl groups excluding tert-OH is 2. The Bertz CT molecular complexity index is 2380. The molecule has 3 aliphatic rings. The van der Waals surface area contributed by atoms with Crippen LogP contribution in [0.2, 0.25) is 0 Å². The summed E-state index contributed by atoms with van der Waals surface area (Å²) in [7, 11) is 1.34. The van der Waals surface area contributed by atoms with Crippen molar-refractivity contribution in [3.05, 3.63) is 136 Å². The van der Waals surface area contributed by atoms with Gasteiger partial charge in [0, 0.05) is 49.8 Å². The zero-order valence-electron chi connectivity index (χ0n) is 36.9. The number of ether oxygens (including phenoxy) is 4. The molecule has 344 valence electrons. The third kappa shape index (κ3) is 10.2. The number of hydrogen-bond donors (Lipinski definition) is 3. The van der Waals surface area contributed by atoms with E-state index in [0.717, 1.165) is 40.3 Å². The lowest BCUT2D eigenvalue weighted by atomic mass is 9.55. The summed E-state index contributed by atoms with van der Waals surface area (Å²) in [5, 5.41) is 40.8. The number of hydrogen-bond acceptors (Lipinski definition) is 12. The molecule has 3 N–H and O–H groups in total. The highest BCUT2D eigenvalue weighted by Crippen LogP contribution is 2.62. The summed E-state index contributed by atoms with van der Waals surface area (Å²) < 4.78 is 25.8. The summed E-state index contributed by atoms with van der Waals surface area (Å²) in [4.78, 5) is 46.0. The van der Waals surface area contributed by atoms with Crippen molar-refractivity contribution >= 4 is 34.4 Å². The van der Waals surface area contributed by atoms with Crippen molar-refractivity contribution in [2.24, 2.45) is 22.9 Å². The predicted molar refractivity (Wildman–Crippen MR) is 244 cm³/mol. The number of nitro groups is 1. The second-order valence-electron chi connectivity index (χ2n) is 16.6. The number of benzene rings is 4. The van der Waals surface area contributed by atoms with Crippen LogP contribution in [0.5, 0.6) is 11.5 Å². The van der Waals surface area contributed by atoms with Gasteiger partial charge in [0.25, 0.3) is 5.69 Å². The van der Waals surface area contributed by atoms with E-state index in [-0.39, 0.29) is 62.8 Å². The summed E-state index contributed by atoms with van der Waals surface area (Å²) in [6, 6.07) is 24.4. The van der Waals surface area contributed by atoms with Gasteiger partial charge in [-0.3, -0.25) is 15.0 Å². The molecular weight excluding hydrogens is 833 g/mol. The average Bonchev–Trinajstić information content (AvgIpc) is 3.31. The fourth-order valence-corrected chi connectivity index (χ4v) is 9.93. The van der Waals surface area contributed by atoms with Crippen LogP contribution in [0.1, 0.15) is 74.5 Å².